The number of anilines is 1. The van der Waals surface area contributed by atoms with Gasteiger partial charge in [0.2, 0.25) is 18.0 Å². The summed E-state index contributed by atoms with van der Waals surface area (Å²) in [5.74, 6) is -2.17. The first-order chi connectivity index (χ1) is 18.1. The molecule has 4 amide bonds. The van der Waals surface area contributed by atoms with Crippen molar-refractivity contribution < 1.29 is 29.4 Å². The highest BCUT2D eigenvalue weighted by Gasteiger charge is 2.53. The molecule has 6 rings (SSSR count). The van der Waals surface area contributed by atoms with Crippen molar-refractivity contribution in [2.24, 2.45) is 0 Å². The van der Waals surface area contributed by atoms with Gasteiger partial charge in [0.1, 0.15) is 13.7 Å². The summed E-state index contributed by atoms with van der Waals surface area (Å²) in [4.78, 5) is 55.6. The molecule has 3 aliphatic rings. The van der Waals surface area contributed by atoms with E-state index in [9.17, 15) is 29.4 Å². The molecule has 2 aromatic heterocycles. The SMILES string of the molecule is [B]C(O)(c1cnn(C2CCN(C=O)CC2)c1)c1cnc2c3c(cccc13)C(=O)N2C1(O)CCC(=O)NC1=O. The molecule has 1 aromatic carbocycles. The summed E-state index contributed by atoms with van der Waals surface area (Å²) in [6.45, 7) is 1.22. The molecular formula is C25H23BN6O6. The molecule has 3 aromatic rings. The van der Waals surface area contributed by atoms with Gasteiger partial charge >= 0.3 is 0 Å². The predicted molar refractivity (Wildman–Crippen MR) is 133 cm³/mol. The monoisotopic (exact) mass is 514 g/mol. The standard InChI is InChI=1S/C25H23BN6O6/c26-25(38,14-10-28-31(12-14)15-5-8-30(13-33)9-6-15)18-11-27-21-20-16(18)2-1-3-17(20)22(35)32(21)24(37)7-4-19(34)29-23(24)36/h1-3,10-13,15,37-38H,4-9H2,(H,29,34,36). The maximum Gasteiger partial charge on any atom is 0.280 e. The number of carbonyl (C=O) groups is 4. The number of aliphatic hydroxyl groups is 2. The van der Waals surface area contributed by atoms with E-state index in [1.807, 2.05) is 0 Å². The van der Waals surface area contributed by atoms with Crippen molar-refractivity contribution in [3.8, 4) is 0 Å². The summed E-state index contributed by atoms with van der Waals surface area (Å²) in [6, 6.07) is 4.86. The highest BCUT2D eigenvalue weighted by molar-refractivity contribution is 6.28. The van der Waals surface area contributed by atoms with E-state index < -0.39 is 28.9 Å². The van der Waals surface area contributed by atoms with Crippen LogP contribution >= 0.6 is 0 Å². The van der Waals surface area contributed by atoms with Gasteiger partial charge in [-0.25, -0.2) is 4.98 Å². The number of rotatable bonds is 5. The maximum atomic E-state index is 13.4. The molecule has 38 heavy (non-hydrogen) atoms. The minimum absolute atomic E-state index is 0.0322. The normalized spacial score (nSPS) is 23.6. The maximum absolute atomic E-state index is 13.4. The van der Waals surface area contributed by atoms with Gasteiger partial charge < -0.3 is 15.1 Å². The van der Waals surface area contributed by atoms with Gasteiger partial charge in [0, 0.05) is 54.8 Å². The van der Waals surface area contributed by atoms with Crippen LogP contribution in [0.25, 0.3) is 10.8 Å². The van der Waals surface area contributed by atoms with Gasteiger partial charge in [0.15, 0.2) is 0 Å². The summed E-state index contributed by atoms with van der Waals surface area (Å²) < 4.78 is 1.73. The molecule has 3 aliphatic heterocycles. The molecule has 0 aliphatic carbocycles. The largest absolute Gasteiger partial charge is 0.390 e. The predicted octanol–water partition coefficient (Wildman–Crippen LogP) is -0.328. The second kappa shape index (κ2) is 8.46. The van der Waals surface area contributed by atoms with Crippen LogP contribution in [0.3, 0.4) is 0 Å². The van der Waals surface area contributed by atoms with Crippen molar-refractivity contribution in [1.29, 1.82) is 0 Å². The van der Waals surface area contributed by atoms with E-state index in [-0.39, 0.29) is 35.8 Å². The van der Waals surface area contributed by atoms with Crippen LogP contribution in [-0.4, -0.2) is 80.7 Å². The van der Waals surface area contributed by atoms with Crippen molar-refractivity contribution in [1.82, 2.24) is 25.0 Å². The number of imide groups is 1. The van der Waals surface area contributed by atoms with E-state index in [2.05, 4.69) is 15.4 Å². The zero-order chi connectivity index (χ0) is 26.8. The van der Waals surface area contributed by atoms with Gasteiger partial charge in [-0.1, -0.05) is 12.1 Å². The Morgan fingerprint density at radius 1 is 1.18 bits per heavy atom. The molecule has 13 heteroatoms. The van der Waals surface area contributed by atoms with Gasteiger partial charge in [-0.15, -0.1) is 0 Å². The number of hydrogen-bond donors (Lipinski definition) is 3. The lowest BCUT2D eigenvalue weighted by atomic mass is 9.71. The molecule has 2 saturated heterocycles. The fraction of sp³-hybridized carbons (Fsp3) is 0.360. The van der Waals surface area contributed by atoms with Crippen LogP contribution in [0.5, 0.6) is 0 Å². The number of amides is 4. The Morgan fingerprint density at radius 3 is 2.66 bits per heavy atom. The average Bonchev–Trinajstić information content (AvgIpc) is 3.52. The Balaban J connectivity index is 1.39. The lowest BCUT2D eigenvalue weighted by molar-refractivity contribution is -0.149. The third kappa shape index (κ3) is 3.46. The van der Waals surface area contributed by atoms with Gasteiger partial charge in [-0.3, -0.25) is 34.1 Å². The number of carbonyl (C=O) groups excluding carboxylic acids is 4. The average molecular weight is 514 g/mol. The first kappa shape index (κ1) is 24.3. The van der Waals surface area contributed by atoms with Crippen LogP contribution in [0.4, 0.5) is 5.82 Å². The molecule has 5 heterocycles. The van der Waals surface area contributed by atoms with E-state index in [0.717, 1.165) is 11.3 Å². The fourth-order valence-corrected chi connectivity index (χ4v) is 5.54. The van der Waals surface area contributed by atoms with E-state index in [1.165, 1.54) is 18.5 Å². The number of benzene rings is 1. The van der Waals surface area contributed by atoms with Crippen molar-refractivity contribution in [3.05, 3.63) is 53.5 Å². The number of hydrogen-bond acceptors (Lipinski definition) is 8. The summed E-state index contributed by atoms with van der Waals surface area (Å²) in [5, 5.41) is 30.0. The minimum Gasteiger partial charge on any atom is -0.390 e. The number of likely N-dealkylation sites (tertiary alicyclic amines) is 1. The first-order valence-electron chi connectivity index (χ1n) is 12.2. The van der Waals surface area contributed by atoms with Crippen LogP contribution in [0.2, 0.25) is 0 Å². The van der Waals surface area contributed by atoms with Crippen LogP contribution < -0.4 is 10.2 Å². The van der Waals surface area contributed by atoms with Gasteiger partial charge in [0.05, 0.1) is 23.3 Å². The minimum atomic E-state index is -2.30. The Morgan fingerprint density at radius 2 is 1.95 bits per heavy atom. The second-order valence-corrected chi connectivity index (χ2v) is 9.91. The third-order valence-electron chi connectivity index (χ3n) is 7.70. The number of nitrogens with zero attached hydrogens (tertiary/aromatic N) is 5. The summed E-state index contributed by atoms with van der Waals surface area (Å²) in [6.07, 6.45) is 6.26. The first-order valence-corrected chi connectivity index (χ1v) is 12.2. The van der Waals surface area contributed by atoms with E-state index in [4.69, 9.17) is 7.85 Å². The van der Waals surface area contributed by atoms with Crippen molar-refractivity contribution in [2.45, 2.75) is 43.0 Å². The van der Waals surface area contributed by atoms with Crippen molar-refractivity contribution >= 4 is 48.6 Å². The fourth-order valence-electron chi connectivity index (χ4n) is 5.54. The lowest BCUT2D eigenvalue weighted by Crippen LogP contribution is -2.64. The van der Waals surface area contributed by atoms with Gasteiger partial charge in [-0.05, 0) is 24.3 Å². The lowest BCUT2D eigenvalue weighted by Gasteiger charge is -2.37. The highest BCUT2D eigenvalue weighted by atomic mass is 16.3. The number of piperidine rings is 2. The Bertz CT molecular complexity index is 1510. The molecule has 2 atom stereocenters. The molecule has 0 saturated carbocycles. The van der Waals surface area contributed by atoms with Crippen molar-refractivity contribution in [2.75, 3.05) is 18.0 Å². The number of pyridine rings is 1. The van der Waals surface area contributed by atoms with Crippen LogP contribution in [0.1, 0.15) is 53.2 Å². The van der Waals surface area contributed by atoms with Gasteiger partial charge in [0.25, 0.3) is 11.8 Å². The van der Waals surface area contributed by atoms with Crippen LogP contribution in [0, 0.1) is 0 Å². The van der Waals surface area contributed by atoms with Crippen molar-refractivity contribution in [3.63, 3.8) is 0 Å². The molecule has 0 spiro atoms. The second-order valence-electron chi connectivity index (χ2n) is 9.91. The molecule has 0 bridgehead atoms. The third-order valence-corrected chi connectivity index (χ3v) is 7.70. The smallest absolute Gasteiger partial charge is 0.280 e. The number of nitrogens with one attached hydrogen (secondary N) is 1. The zero-order valence-electron chi connectivity index (χ0n) is 20.2. The van der Waals surface area contributed by atoms with Crippen LogP contribution in [0.15, 0.2) is 36.8 Å². The topological polar surface area (TPSA) is 158 Å². The molecule has 192 valence electrons. The summed E-state index contributed by atoms with van der Waals surface area (Å²) >= 11 is 0. The van der Waals surface area contributed by atoms with Gasteiger partial charge in [-0.2, -0.15) is 5.10 Å². The molecule has 2 fully saturated rings. The van der Waals surface area contributed by atoms with E-state index in [0.29, 0.717) is 42.3 Å². The Kier molecular flexibility index (Phi) is 5.40. The Hall–Kier alpha value is -4.10. The molecular weight excluding hydrogens is 491 g/mol. The quantitative estimate of drug-likeness (QED) is 0.237. The molecule has 2 unspecified atom stereocenters. The molecule has 2 radical (unpaired) electrons. The zero-order valence-corrected chi connectivity index (χ0v) is 20.2. The highest BCUT2D eigenvalue weighted by Crippen LogP contribution is 2.44. The number of aromatic nitrogens is 3. The molecule has 3 N–H and O–H groups in total. The van der Waals surface area contributed by atoms with E-state index in [1.54, 1.807) is 27.9 Å². The van der Waals surface area contributed by atoms with E-state index >= 15 is 0 Å². The summed E-state index contributed by atoms with van der Waals surface area (Å²) in [7, 11) is 6.47. The summed E-state index contributed by atoms with van der Waals surface area (Å²) in [5.41, 5.74) is -3.64. The molecule has 12 nitrogen and oxygen atoms in total. The van der Waals surface area contributed by atoms with Crippen LogP contribution in [-0.2, 0) is 19.9 Å². The Labute approximate surface area is 217 Å².